The van der Waals surface area contributed by atoms with Crippen molar-refractivity contribution in [3.63, 3.8) is 0 Å². The van der Waals surface area contributed by atoms with Crippen molar-refractivity contribution in [3.8, 4) is 0 Å². The van der Waals surface area contributed by atoms with E-state index in [0.717, 1.165) is 115 Å². The van der Waals surface area contributed by atoms with Crippen molar-refractivity contribution in [1.82, 2.24) is 10.6 Å². The van der Waals surface area contributed by atoms with Crippen molar-refractivity contribution >= 4 is 23.8 Å². The monoisotopic (exact) mass is 935 g/mol. The first-order valence-corrected chi connectivity index (χ1v) is 28.7. The number of nitrogens with one attached hydrogen (secondary N) is 2. The van der Waals surface area contributed by atoms with Crippen LogP contribution in [0.15, 0.2) is 0 Å². The van der Waals surface area contributed by atoms with Crippen molar-refractivity contribution in [2.45, 2.75) is 269 Å². The molecule has 0 aliphatic heterocycles. The highest BCUT2D eigenvalue weighted by Crippen LogP contribution is 2.50. The van der Waals surface area contributed by atoms with E-state index in [2.05, 4.69) is 24.5 Å². The van der Waals surface area contributed by atoms with E-state index in [4.69, 9.17) is 9.47 Å². The molecule has 0 heterocycles. The fourth-order valence-electron chi connectivity index (χ4n) is 16.0. The van der Waals surface area contributed by atoms with Gasteiger partial charge in [-0.2, -0.15) is 0 Å². The zero-order valence-electron chi connectivity index (χ0n) is 42.1. The van der Waals surface area contributed by atoms with Gasteiger partial charge in [0.2, 0.25) is 11.8 Å². The van der Waals surface area contributed by atoms with Crippen molar-refractivity contribution < 1.29 is 38.9 Å². The number of hydrogen-bond acceptors (Lipinski definition) is 6. The minimum absolute atomic E-state index is 0.0141. The number of carboxylic acids is 2. The third-order valence-corrected chi connectivity index (χ3v) is 20.3. The standard InChI is InChI=1S/C57H94N2O8/c1-57(2,41-15-23-45(24-16-41)66-47-27-19-43(20-28-47)58-53(60)51-35-39(13-31-49(51)55(62)63)33-37-9-5-3-6-10-37)42-17-25-46(26-18-42)67-48-29-21-44(22-30-48)59-54(61)52-36-40(14-32-50(52)56(64)65)34-38-11-7-4-8-12-38/h37-52H,3-36H2,1-2H3,(H,58,60)(H,59,61)(H,62,63)(H,64,65). The summed E-state index contributed by atoms with van der Waals surface area (Å²) in [5, 5.41) is 26.7. The third kappa shape index (κ3) is 14.0. The highest BCUT2D eigenvalue weighted by Gasteiger charge is 2.44. The van der Waals surface area contributed by atoms with Crippen molar-refractivity contribution in [3.05, 3.63) is 0 Å². The Morgan fingerprint density at radius 1 is 0.403 bits per heavy atom. The molecule has 0 aromatic rings. The van der Waals surface area contributed by atoms with Gasteiger partial charge in [0.25, 0.3) is 0 Å². The van der Waals surface area contributed by atoms with Gasteiger partial charge in [-0.25, -0.2) is 0 Å². The smallest absolute Gasteiger partial charge is 0.307 e. The van der Waals surface area contributed by atoms with E-state index in [1.165, 1.54) is 103 Å². The topological polar surface area (TPSA) is 151 Å². The van der Waals surface area contributed by atoms with Crippen LogP contribution >= 0.6 is 0 Å². The van der Waals surface area contributed by atoms with Gasteiger partial charge in [-0.1, -0.05) is 78.1 Å². The predicted molar refractivity (Wildman–Crippen MR) is 262 cm³/mol. The molecule has 0 spiro atoms. The number of carbonyl (C=O) groups excluding carboxylic acids is 2. The summed E-state index contributed by atoms with van der Waals surface area (Å²) in [5.41, 5.74) is 0.296. The summed E-state index contributed by atoms with van der Waals surface area (Å²) in [6.45, 7) is 5.06. The van der Waals surface area contributed by atoms with Crippen LogP contribution in [0.25, 0.3) is 0 Å². The Morgan fingerprint density at radius 3 is 1.06 bits per heavy atom. The second-order valence-electron chi connectivity index (χ2n) is 24.9. The molecule has 0 aromatic carbocycles. The van der Waals surface area contributed by atoms with Crippen LogP contribution in [0, 0.1) is 64.6 Å². The van der Waals surface area contributed by atoms with Crippen molar-refractivity contribution in [2.24, 2.45) is 64.6 Å². The molecule has 6 unspecified atom stereocenters. The zero-order chi connectivity index (χ0) is 46.9. The molecule has 8 aliphatic rings. The van der Waals surface area contributed by atoms with Gasteiger partial charge in [0.1, 0.15) is 0 Å². The fraction of sp³-hybridized carbons (Fsp3) is 0.930. The molecule has 380 valence electrons. The lowest BCUT2D eigenvalue weighted by Crippen LogP contribution is -2.47. The van der Waals surface area contributed by atoms with E-state index in [-0.39, 0.29) is 36.1 Å². The lowest BCUT2D eigenvalue weighted by atomic mass is 9.60. The summed E-state index contributed by atoms with van der Waals surface area (Å²) in [6, 6.07) is 0.247. The zero-order valence-corrected chi connectivity index (χ0v) is 42.1. The van der Waals surface area contributed by atoms with E-state index in [0.29, 0.717) is 54.1 Å². The molecule has 10 nitrogen and oxygen atoms in total. The van der Waals surface area contributed by atoms with E-state index in [1.807, 2.05) is 0 Å². The Bertz CT molecular complexity index is 1460. The van der Waals surface area contributed by atoms with Gasteiger partial charge in [-0.3, -0.25) is 19.2 Å². The Kier molecular flexibility index (Phi) is 18.5. The van der Waals surface area contributed by atoms with Crippen molar-refractivity contribution in [1.29, 1.82) is 0 Å². The molecule has 8 aliphatic carbocycles. The molecule has 0 bridgehead atoms. The Labute approximate surface area is 405 Å². The molecule has 0 saturated heterocycles. The highest BCUT2D eigenvalue weighted by atomic mass is 16.5. The van der Waals surface area contributed by atoms with E-state index in [9.17, 15) is 29.4 Å². The van der Waals surface area contributed by atoms with Gasteiger partial charge >= 0.3 is 11.9 Å². The molecule has 8 rings (SSSR count). The molecular formula is C57H94N2O8. The number of ether oxygens (including phenoxy) is 2. The van der Waals surface area contributed by atoms with Crippen LogP contribution < -0.4 is 10.6 Å². The maximum Gasteiger partial charge on any atom is 0.307 e. The number of hydrogen-bond donors (Lipinski definition) is 4. The first-order valence-electron chi connectivity index (χ1n) is 28.7. The molecule has 8 saturated carbocycles. The van der Waals surface area contributed by atoms with E-state index in [1.54, 1.807) is 0 Å². The highest BCUT2D eigenvalue weighted by molar-refractivity contribution is 5.85. The number of carbonyl (C=O) groups is 4. The van der Waals surface area contributed by atoms with Gasteiger partial charge in [-0.15, -0.1) is 0 Å². The average molecular weight is 935 g/mol. The number of carboxylic acid groups (broad SMARTS) is 2. The van der Waals surface area contributed by atoms with Crippen LogP contribution in [-0.2, 0) is 28.7 Å². The van der Waals surface area contributed by atoms with Gasteiger partial charge in [0, 0.05) is 12.1 Å². The summed E-state index contributed by atoms with van der Waals surface area (Å²) < 4.78 is 13.5. The summed E-state index contributed by atoms with van der Waals surface area (Å²) in [6.07, 6.45) is 38.3. The van der Waals surface area contributed by atoms with Gasteiger partial charge in [-0.05, 0) is 195 Å². The molecule has 0 radical (unpaired) electrons. The van der Waals surface area contributed by atoms with Gasteiger partial charge < -0.3 is 30.3 Å². The third-order valence-electron chi connectivity index (χ3n) is 20.3. The average Bonchev–Trinajstić information content (AvgIpc) is 3.33. The predicted octanol–water partition coefficient (Wildman–Crippen LogP) is 12.2. The summed E-state index contributed by atoms with van der Waals surface area (Å²) >= 11 is 0. The first-order chi connectivity index (χ1) is 32.4. The largest absolute Gasteiger partial charge is 0.481 e. The Morgan fingerprint density at radius 2 is 0.731 bits per heavy atom. The first kappa shape index (κ1) is 51.2. The second-order valence-corrected chi connectivity index (χ2v) is 24.9. The molecule has 2 amide bonds. The van der Waals surface area contributed by atoms with Gasteiger partial charge in [0.15, 0.2) is 0 Å². The minimum Gasteiger partial charge on any atom is -0.481 e. The molecule has 8 fully saturated rings. The minimum atomic E-state index is -0.800. The van der Waals surface area contributed by atoms with E-state index < -0.39 is 35.6 Å². The number of amides is 2. The molecular weight excluding hydrogens is 841 g/mol. The number of rotatable bonds is 16. The van der Waals surface area contributed by atoms with Crippen molar-refractivity contribution in [2.75, 3.05) is 0 Å². The second kappa shape index (κ2) is 24.3. The Hall–Kier alpha value is -2.20. The van der Waals surface area contributed by atoms with E-state index >= 15 is 0 Å². The Balaban J connectivity index is 0.695. The van der Waals surface area contributed by atoms with Crippen LogP contribution in [0.3, 0.4) is 0 Å². The molecule has 4 N–H and O–H groups in total. The quantitative estimate of drug-likeness (QED) is 0.119. The van der Waals surface area contributed by atoms with Gasteiger partial charge in [0.05, 0.1) is 48.1 Å². The maximum atomic E-state index is 13.6. The number of aliphatic carboxylic acids is 2. The van der Waals surface area contributed by atoms with Crippen LogP contribution in [0.2, 0.25) is 0 Å². The summed E-state index contributed by atoms with van der Waals surface area (Å²) in [4.78, 5) is 51.7. The maximum absolute atomic E-state index is 13.6. The van der Waals surface area contributed by atoms with Crippen LogP contribution in [0.5, 0.6) is 0 Å². The SMILES string of the molecule is CC(C)(C1CCC(OC2CCC(NC(=O)C3CC(CC4CCCCC4)CCC3C(=O)O)CC2)CC1)C1CCC(OC2CCC(NC(=O)C3CC(CC4CCCCC4)CCC3C(=O)O)CC2)CC1. The van der Waals surface area contributed by atoms with Crippen LogP contribution in [0.1, 0.15) is 232 Å². The molecule has 6 atom stereocenters. The fourth-order valence-corrected chi connectivity index (χ4v) is 16.0. The molecule has 10 heteroatoms. The lowest BCUT2D eigenvalue weighted by Gasteiger charge is -2.47. The molecule has 0 aromatic heterocycles. The molecule has 67 heavy (non-hydrogen) atoms. The lowest BCUT2D eigenvalue weighted by molar-refractivity contribution is -0.150. The van der Waals surface area contributed by atoms with Crippen LogP contribution in [0.4, 0.5) is 0 Å². The summed E-state index contributed by atoms with van der Waals surface area (Å²) in [5.74, 6) is 0.380. The summed E-state index contributed by atoms with van der Waals surface area (Å²) in [7, 11) is 0. The van der Waals surface area contributed by atoms with Crippen LogP contribution in [-0.4, -0.2) is 70.5 Å². The normalized spacial score (nSPS) is 38.7.